The highest BCUT2D eigenvalue weighted by molar-refractivity contribution is 14.1. The predicted molar refractivity (Wildman–Crippen MR) is 66.7 cm³/mol. The molecule has 72 valence electrons. The first-order chi connectivity index (χ1) is 6.81. The molecule has 5 heteroatoms. The van der Waals surface area contributed by atoms with Gasteiger partial charge in [-0.05, 0) is 28.7 Å². The van der Waals surface area contributed by atoms with Crippen LogP contribution in [0.1, 0.15) is 5.56 Å². The number of rotatable bonds is 2. The van der Waals surface area contributed by atoms with E-state index in [-0.39, 0.29) is 0 Å². The van der Waals surface area contributed by atoms with E-state index in [4.69, 9.17) is 0 Å². The molecule has 0 atom stereocenters. The molecule has 0 aromatic carbocycles. The maximum atomic E-state index is 4.30. The lowest BCUT2D eigenvalue weighted by Gasteiger charge is -2.04. The summed E-state index contributed by atoms with van der Waals surface area (Å²) in [7, 11) is 0. The van der Waals surface area contributed by atoms with Gasteiger partial charge in [-0.15, -0.1) is 0 Å². The van der Waals surface area contributed by atoms with Gasteiger partial charge in [0.2, 0.25) is 0 Å². The lowest BCUT2D eigenvalue weighted by molar-refractivity contribution is 0.837. The molecule has 3 nitrogen and oxygen atoms in total. The van der Waals surface area contributed by atoms with E-state index in [0.717, 1.165) is 20.3 Å². The number of pyridine rings is 1. The zero-order valence-electron chi connectivity index (χ0n) is 7.19. The highest BCUT2D eigenvalue weighted by Gasteiger charge is 2.05. The number of hydrogen-bond donors (Lipinski definition) is 0. The summed E-state index contributed by atoms with van der Waals surface area (Å²) in [6.07, 6.45) is 5.54. The van der Waals surface area contributed by atoms with Crippen LogP contribution in [0.2, 0.25) is 0 Å². The third-order valence-corrected chi connectivity index (χ3v) is 2.94. The van der Waals surface area contributed by atoms with Crippen molar-refractivity contribution in [2.45, 2.75) is 5.33 Å². The van der Waals surface area contributed by atoms with Crippen molar-refractivity contribution in [2.24, 2.45) is 0 Å². The van der Waals surface area contributed by atoms with Crippen LogP contribution in [0.25, 0.3) is 5.82 Å². The first-order valence-electron chi connectivity index (χ1n) is 4.01. The third-order valence-electron chi connectivity index (χ3n) is 1.78. The average Bonchev–Trinajstić information content (AvgIpc) is 2.65. The van der Waals surface area contributed by atoms with Gasteiger partial charge in [0.05, 0.1) is 9.77 Å². The topological polar surface area (TPSA) is 30.7 Å². The van der Waals surface area contributed by atoms with Crippen LogP contribution < -0.4 is 0 Å². The van der Waals surface area contributed by atoms with Gasteiger partial charge in [-0.25, -0.2) is 9.67 Å². The van der Waals surface area contributed by atoms with Gasteiger partial charge in [-0.3, -0.25) is 0 Å². The predicted octanol–water partition coefficient (Wildman–Crippen LogP) is 2.77. The van der Waals surface area contributed by atoms with Crippen molar-refractivity contribution in [2.75, 3.05) is 0 Å². The zero-order chi connectivity index (χ0) is 9.97. The molecule has 2 aromatic heterocycles. The monoisotopic (exact) mass is 363 g/mol. The Balaban J connectivity index is 2.50. The van der Waals surface area contributed by atoms with Crippen molar-refractivity contribution in [3.05, 3.63) is 39.9 Å². The minimum Gasteiger partial charge on any atom is -0.237 e. The van der Waals surface area contributed by atoms with E-state index in [9.17, 15) is 0 Å². The minimum absolute atomic E-state index is 0.784. The van der Waals surface area contributed by atoms with Crippen LogP contribution in [0.3, 0.4) is 0 Å². The quantitative estimate of drug-likeness (QED) is 0.606. The summed E-state index contributed by atoms with van der Waals surface area (Å²) in [5.41, 5.74) is 1.13. The van der Waals surface area contributed by atoms with Gasteiger partial charge in [0.1, 0.15) is 0 Å². The van der Waals surface area contributed by atoms with Crippen LogP contribution in [-0.2, 0) is 5.33 Å². The first-order valence-corrected chi connectivity index (χ1v) is 6.21. The molecule has 0 fully saturated rings. The van der Waals surface area contributed by atoms with Crippen LogP contribution in [0.15, 0.2) is 30.7 Å². The van der Waals surface area contributed by atoms with Crippen LogP contribution in [0, 0.1) is 3.57 Å². The van der Waals surface area contributed by atoms with Gasteiger partial charge in [0.15, 0.2) is 5.82 Å². The number of hydrogen-bond acceptors (Lipinski definition) is 2. The number of alkyl halides is 1. The molecule has 0 aliphatic rings. The summed E-state index contributed by atoms with van der Waals surface area (Å²) in [5, 5.41) is 5.00. The van der Waals surface area contributed by atoms with E-state index in [1.807, 2.05) is 24.5 Å². The van der Waals surface area contributed by atoms with Crippen molar-refractivity contribution in [3.8, 4) is 5.82 Å². The molecule has 0 radical (unpaired) electrons. The van der Waals surface area contributed by atoms with Gasteiger partial charge in [-0.2, -0.15) is 5.10 Å². The van der Waals surface area contributed by atoms with E-state index in [0.29, 0.717) is 0 Å². The molecule has 2 heterocycles. The summed E-state index contributed by atoms with van der Waals surface area (Å²) < 4.78 is 2.90. The molecule has 0 spiro atoms. The highest BCUT2D eigenvalue weighted by Crippen LogP contribution is 2.14. The van der Waals surface area contributed by atoms with E-state index in [1.54, 1.807) is 10.9 Å². The fourth-order valence-corrected chi connectivity index (χ4v) is 1.98. The molecule has 0 N–H and O–H groups in total. The lowest BCUT2D eigenvalue weighted by atomic mass is 10.3. The second-order valence-corrected chi connectivity index (χ2v) is 4.53. The molecular weight excluding hydrogens is 357 g/mol. The van der Waals surface area contributed by atoms with E-state index in [2.05, 4.69) is 48.6 Å². The zero-order valence-corrected chi connectivity index (χ0v) is 10.9. The van der Waals surface area contributed by atoms with Crippen LogP contribution in [0.5, 0.6) is 0 Å². The SMILES string of the molecule is BrCc1cccnc1-n1cc(I)cn1. The molecule has 2 rings (SSSR count). The molecule has 0 aliphatic heterocycles. The fraction of sp³-hybridized carbons (Fsp3) is 0.111. The number of halogens is 2. The van der Waals surface area contributed by atoms with Crippen molar-refractivity contribution >= 4 is 38.5 Å². The molecule has 0 aliphatic carbocycles. The van der Waals surface area contributed by atoms with Crippen molar-refractivity contribution in [1.82, 2.24) is 14.8 Å². The summed E-state index contributed by atoms with van der Waals surface area (Å²) in [6, 6.07) is 3.96. The highest BCUT2D eigenvalue weighted by atomic mass is 127. The second kappa shape index (κ2) is 4.39. The largest absolute Gasteiger partial charge is 0.237 e. The van der Waals surface area contributed by atoms with Crippen molar-refractivity contribution < 1.29 is 0 Å². The van der Waals surface area contributed by atoms with E-state index >= 15 is 0 Å². The summed E-state index contributed by atoms with van der Waals surface area (Å²) in [4.78, 5) is 4.30. The Kier molecular flexibility index (Phi) is 3.17. The van der Waals surface area contributed by atoms with Gasteiger partial charge in [0, 0.05) is 23.3 Å². The third kappa shape index (κ3) is 1.98. The standard InChI is InChI=1S/C9H7BrIN3/c10-4-7-2-1-3-12-9(7)14-6-8(11)5-13-14/h1-3,5-6H,4H2. The second-order valence-electron chi connectivity index (χ2n) is 2.72. The molecule has 0 unspecified atom stereocenters. The average molecular weight is 364 g/mol. The first kappa shape index (κ1) is 10.1. The Hall–Kier alpha value is -0.430. The molecular formula is C9H7BrIN3. The summed E-state index contributed by atoms with van der Waals surface area (Å²) >= 11 is 5.66. The molecule has 0 bridgehead atoms. The molecule has 0 amide bonds. The van der Waals surface area contributed by atoms with Gasteiger partial charge >= 0.3 is 0 Å². The molecule has 0 saturated carbocycles. The summed E-state index contributed by atoms with van der Waals surface area (Å²) in [5.74, 6) is 0.882. The van der Waals surface area contributed by atoms with Crippen LogP contribution >= 0.6 is 38.5 Å². The Labute approximate surface area is 104 Å². The van der Waals surface area contributed by atoms with E-state index in [1.165, 1.54) is 0 Å². The van der Waals surface area contributed by atoms with Gasteiger partial charge in [-0.1, -0.05) is 22.0 Å². The number of nitrogens with zero attached hydrogens (tertiary/aromatic N) is 3. The number of aromatic nitrogens is 3. The molecule has 2 aromatic rings. The maximum Gasteiger partial charge on any atom is 0.157 e. The smallest absolute Gasteiger partial charge is 0.157 e. The molecule has 14 heavy (non-hydrogen) atoms. The van der Waals surface area contributed by atoms with Crippen LogP contribution in [-0.4, -0.2) is 14.8 Å². The fourth-order valence-electron chi connectivity index (χ4n) is 1.16. The Bertz CT molecular complexity index is 441. The Morgan fingerprint density at radius 3 is 3.00 bits per heavy atom. The lowest BCUT2D eigenvalue weighted by Crippen LogP contribution is -2.01. The van der Waals surface area contributed by atoms with Crippen molar-refractivity contribution in [3.63, 3.8) is 0 Å². The normalized spacial score (nSPS) is 10.4. The van der Waals surface area contributed by atoms with Crippen molar-refractivity contribution in [1.29, 1.82) is 0 Å². The van der Waals surface area contributed by atoms with Crippen LogP contribution in [0.4, 0.5) is 0 Å². The maximum absolute atomic E-state index is 4.30. The Morgan fingerprint density at radius 1 is 1.50 bits per heavy atom. The summed E-state index contributed by atoms with van der Waals surface area (Å²) in [6.45, 7) is 0. The molecule has 0 saturated heterocycles. The Morgan fingerprint density at radius 2 is 2.36 bits per heavy atom. The van der Waals surface area contributed by atoms with Gasteiger partial charge < -0.3 is 0 Å². The minimum atomic E-state index is 0.784. The van der Waals surface area contributed by atoms with E-state index < -0.39 is 0 Å². The van der Waals surface area contributed by atoms with Gasteiger partial charge in [0.25, 0.3) is 0 Å².